The molecule has 2 aliphatic carbocycles. The first-order valence-electron chi connectivity index (χ1n) is 8.09. The molecule has 4 rings (SSSR count). The van der Waals surface area contributed by atoms with Crippen LogP contribution in [0.4, 0.5) is 0 Å². The molecule has 1 unspecified atom stereocenters. The maximum absolute atomic E-state index is 12.5. The first-order valence-corrected chi connectivity index (χ1v) is 8.09. The van der Waals surface area contributed by atoms with E-state index in [4.69, 9.17) is 4.74 Å². The Hall–Kier alpha value is -2.64. The third-order valence-electron chi connectivity index (χ3n) is 5.16. The van der Waals surface area contributed by atoms with E-state index in [0.717, 1.165) is 12.8 Å². The second kappa shape index (κ2) is 5.47. The van der Waals surface area contributed by atoms with Gasteiger partial charge in [0.05, 0.1) is 12.7 Å². The molecule has 0 bridgehead atoms. The van der Waals surface area contributed by atoms with Gasteiger partial charge in [0.2, 0.25) is 5.91 Å². The summed E-state index contributed by atoms with van der Waals surface area (Å²) in [4.78, 5) is 36.3. The minimum atomic E-state index is -0.616. The van der Waals surface area contributed by atoms with Gasteiger partial charge in [0.15, 0.2) is 0 Å². The van der Waals surface area contributed by atoms with Gasteiger partial charge >= 0.3 is 5.97 Å². The van der Waals surface area contributed by atoms with Crippen molar-refractivity contribution in [2.24, 2.45) is 17.8 Å². The van der Waals surface area contributed by atoms with E-state index < -0.39 is 11.5 Å². The van der Waals surface area contributed by atoms with Crippen molar-refractivity contribution in [2.75, 3.05) is 12.5 Å². The van der Waals surface area contributed by atoms with Crippen molar-refractivity contribution in [3.05, 3.63) is 28.3 Å². The first-order chi connectivity index (χ1) is 11.6. The van der Waals surface area contributed by atoms with Crippen molar-refractivity contribution in [1.29, 1.82) is 0 Å². The van der Waals surface area contributed by atoms with Crippen molar-refractivity contribution in [1.82, 2.24) is 14.9 Å². The Bertz CT molecular complexity index is 827. The Balaban J connectivity index is 1.63. The number of fused-ring (bicyclic) bond motifs is 2. The SMILES string of the molecule is COC(=O)c1cn(NC(=O)C2[C@H]3CCCC[C@@H]23)cc2c(=O)[nH]nc1-2. The Labute approximate surface area is 137 Å². The minimum Gasteiger partial charge on any atom is -0.465 e. The molecule has 0 spiro atoms. The average molecular weight is 330 g/mol. The molecular formula is C16H18N4O4. The smallest absolute Gasteiger partial charge is 0.341 e. The number of H-pyrrole nitrogens is 1. The summed E-state index contributed by atoms with van der Waals surface area (Å²) in [5.74, 6) is 0.311. The molecule has 0 saturated heterocycles. The van der Waals surface area contributed by atoms with Gasteiger partial charge in [0, 0.05) is 18.3 Å². The van der Waals surface area contributed by atoms with Gasteiger partial charge in [-0.1, -0.05) is 12.8 Å². The van der Waals surface area contributed by atoms with Crippen LogP contribution >= 0.6 is 0 Å². The van der Waals surface area contributed by atoms with Gasteiger partial charge in [-0.2, -0.15) is 5.10 Å². The molecule has 2 N–H and O–H groups in total. The van der Waals surface area contributed by atoms with Gasteiger partial charge < -0.3 is 4.74 Å². The lowest BCUT2D eigenvalue weighted by Gasteiger charge is -2.13. The van der Waals surface area contributed by atoms with Gasteiger partial charge in [-0.05, 0) is 24.7 Å². The summed E-state index contributed by atoms with van der Waals surface area (Å²) >= 11 is 0. The van der Waals surface area contributed by atoms with E-state index in [2.05, 4.69) is 15.6 Å². The molecule has 3 atom stereocenters. The summed E-state index contributed by atoms with van der Waals surface area (Å²) in [6.45, 7) is 0. The predicted octanol–water partition coefficient (Wildman–Crippen LogP) is 0.969. The van der Waals surface area contributed by atoms with Crippen LogP contribution in [0.25, 0.3) is 11.3 Å². The zero-order chi connectivity index (χ0) is 16.8. The van der Waals surface area contributed by atoms with Crippen molar-refractivity contribution < 1.29 is 14.3 Å². The Kier molecular flexibility index (Phi) is 3.40. The molecule has 0 aromatic heterocycles. The van der Waals surface area contributed by atoms with Gasteiger partial charge in [-0.25, -0.2) is 9.89 Å². The summed E-state index contributed by atoms with van der Waals surface area (Å²) in [6, 6.07) is 0. The maximum atomic E-state index is 12.5. The van der Waals surface area contributed by atoms with Gasteiger partial charge in [0.25, 0.3) is 5.56 Å². The Morgan fingerprint density at radius 3 is 2.67 bits per heavy atom. The number of pyridine rings is 1. The normalized spacial score (nSPS) is 25.1. The van der Waals surface area contributed by atoms with E-state index in [9.17, 15) is 14.4 Å². The molecule has 8 nitrogen and oxygen atoms in total. The summed E-state index contributed by atoms with van der Waals surface area (Å²) in [6.07, 6.45) is 7.48. The molecule has 2 fully saturated rings. The van der Waals surface area contributed by atoms with Gasteiger partial charge in [-0.15, -0.1) is 0 Å². The Morgan fingerprint density at radius 2 is 2.00 bits per heavy atom. The third-order valence-corrected chi connectivity index (χ3v) is 5.16. The number of nitrogens with zero attached hydrogens (tertiary/aromatic N) is 2. The molecule has 126 valence electrons. The van der Waals surface area contributed by atoms with Crippen LogP contribution in [0, 0.1) is 17.8 Å². The minimum absolute atomic E-state index is 0.0355. The predicted molar refractivity (Wildman–Crippen MR) is 84.1 cm³/mol. The van der Waals surface area contributed by atoms with Crippen LogP contribution in [-0.4, -0.2) is 33.9 Å². The number of amides is 1. The number of esters is 1. The fraction of sp³-hybridized carbons (Fsp3) is 0.500. The van der Waals surface area contributed by atoms with E-state index in [0.29, 0.717) is 11.8 Å². The highest BCUT2D eigenvalue weighted by Gasteiger charge is 2.54. The molecule has 0 radical (unpaired) electrons. The highest BCUT2D eigenvalue weighted by molar-refractivity contribution is 5.96. The molecule has 4 aliphatic rings. The van der Waals surface area contributed by atoms with E-state index in [1.54, 1.807) is 0 Å². The van der Waals surface area contributed by atoms with Crippen LogP contribution in [0.2, 0.25) is 0 Å². The summed E-state index contributed by atoms with van der Waals surface area (Å²) in [5, 5.41) is 6.16. The summed E-state index contributed by atoms with van der Waals surface area (Å²) in [5.41, 5.74) is 2.95. The number of carbonyl (C=O) groups excluding carboxylic acids is 2. The summed E-state index contributed by atoms with van der Waals surface area (Å²) in [7, 11) is 1.25. The second-order valence-corrected chi connectivity index (χ2v) is 6.50. The number of aromatic amines is 1. The quantitative estimate of drug-likeness (QED) is 0.816. The molecular weight excluding hydrogens is 312 g/mol. The number of hydrogen-bond donors (Lipinski definition) is 2. The van der Waals surface area contributed by atoms with Crippen LogP contribution in [-0.2, 0) is 9.53 Å². The van der Waals surface area contributed by atoms with Gasteiger partial charge in [-0.3, -0.25) is 19.7 Å². The lowest BCUT2D eigenvalue weighted by molar-refractivity contribution is -0.118. The fourth-order valence-electron chi connectivity index (χ4n) is 3.94. The number of nitrogens with one attached hydrogen (secondary N) is 2. The second-order valence-electron chi connectivity index (χ2n) is 6.50. The van der Waals surface area contributed by atoms with Gasteiger partial charge in [0.1, 0.15) is 11.3 Å². The molecule has 8 heteroatoms. The highest BCUT2D eigenvalue weighted by atomic mass is 16.5. The monoisotopic (exact) mass is 330 g/mol. The van der Waals surface area contributed by atoms with Crippen LogP contribution in [0.5, 0.6) is 0 Å². The van der Waals surface area contributed by atoms with E-state index in [1.165, 1.54) is 37.0 Å². The highest BCUT2D eigenvalue weighted by Crippen LogP contribution is 2.55. The molecule has 0 aromatic carbocycles. The van der Waals surface area contributed by atoms with E-state index >= 15 is 0 Å². The Morgan fingerprint density at radius 1 is 1.29 bits per heavy atom. The third kappa shape index (κ3) is 2.29. The van der Waals surface area contributed by atoms with E-state index in [-0.39, 0.29) is 28.6 Å². The van der Waals surface area contributed by atoms with Crippen molar-refractivity contribution in [3.63, 3.8) is 0 Å². The topological polar surface area (TPSA) is 106 Å². The van der Waals surface area contributed by atoms with Crippen LogP contribution in [0.15, 0.2) is 17.2 Å². The number of aromatic nitrogens is 3. The molecule has 2 aliphatic heterocycles. The van der Waals surface area contributed by atoms with Crippen molar-refractivity contribution in [3.8, 4) is 11.3 Å². The number of carbonyl (C=O) groups is 2. The van der Waals surface area contributed by atoms with E-state index in [1.807, 2.05) is 0 Å². The van der Waals surface area contributed by atoms with Crippen LogP contribution in [0.3, 0.4) is 0 Å². The molecule has 0 aromatic rings. The standard InChI is InChI=1S/C16H18N4O4/c1-24-16(23)11-7-20(6-10-13(11)17-18-14(10)21)19-15(22)12-8-4-2-3-5-9(8)12/h6-9,12H,2-5H2,1H3,(H,18,21)(H,19,22)/t8-,9+,12?. The lowest BCUT2D eigenvalue weighted by atomic mass is 10.0. The molecule has 24 heavy (non-hydrogen) atoms. The first kappa shape index (κ1) is 14.9. The lowest BCUT2D eigenvalue weighted by Crippen LogP contribution is -2.27. The van der Waals surface area contributed by atoms with Crippen molar-refractivity contribution >= 4 is 11.9 Å². The number of hydrogen-bond acceptors (Lipinski definition) is 5. The average Bonchev–Trinajstić information content (AvgIpc) is 3.22. The van der Waals surface area contributed by atoms with Crippen LogP contribution < -0.4 is 11.0 Å². The molecule has 1 amide bonds. The summed E-state index contributed by atoms with van der Waals surface area (Å²) < 4.78 is 6.09. The zero-order valence-corrected chi connectivity index (χ0v) is 13.2. The van der Waals surface area contributed by atoms with Crippen LogP contribution in [0.1, 0.15) is 36.0 Å². The zero-order valence-electron chi connectivity index (χ0n) is 13.2. The molecule has 2 saturated carbocycles. The van der Waals surface area contributed by atoms with Crippen molar-refractivity contribution in [2.45, 2.75) is 25.7 Å². The maximum Gasteiger partial charge on any atom is 0.341 e. The largest absolute Gasteiger partial charge is 0.465 e. The fourth-order valence-corrected chi connectivity index (χ4v) is 3.94. The number of methoxy groups -OCH3 is 1. The molecule has 2 heterocycles. The number of rotatable bonds is 3. The number of ether oxygens (including phenoxy) is 1.